The number of para-hydroxylation sites is 2. The average molecular weight is 618 g/mol. The van der Waals surface area contributed by atoms with Crippen LogP contribution in [0.2, 0.25) is 0 Å². The highest BCUT2D eigenvalue weighted by Gasteiger charge is 2.22. The van der Waals surface area contributed by atoms with E-state index in [4.69, 9.17) is 14.4 Å². The molecule has 11 aromatic rings. The summed E-state index contributed by atoms with van der Waals surface area (Å²) in [5, 5.41) is 10.8. The smallest absolute Gasteiger partial charge is 0.236 e. The summed E-state index contributed by atoms with van der Waals surface area (Å²) in [4.78, 5) is 10.6. The van der Waals surface area contributed by atoms with Crippen LogP contribution in [0.25, 0.3) is 103 Å². The first-order valence-electron chi connectivity index (χ1n) is 15.7. The summed E-state index contributed by atoms with van der Waals surface area (Å²) in [6.45, 7) is 0. The van der Waals surface area contributed by atoms with E-state index < -0.39 is 0 Å². The summed E-state index contributed by atoms with van der Waals surface area (Å²) in [5.74, 6) is 0.626. The van der Waals surface area contributed by atoms with Crippen molar-refractivity contribution in [2.75, 3.05) is 0 Å². The maximum atomic E-state index is 6.49. The molecule has 4 nitrogen and oxygen atoms in total. The Balaban J connectivity index is 1.25. The second-order valence-electron chi connectivity index (χ2n) is 12.2. The Bertz CT molecular complexity index is 3090. The molecule has 47 heavy (non-hydrogen) atoms. The number of nitrogens with zero attached hydrogens (tertiary/aromatic N) is 3. The molecule has 5 heteroatoms. The zero-order chi connectivity index (χ0) is 30.6. The molecule has 0 bridgehead atoms. The number of thiophene rings is 1. The molecule has 0 atom stereocenters. The van der Waals surface area contributed by atoms with Gasteiger partial charge in [0.25, 0.3) is 0 Å². The molecule has 0 aliphatic heterocycles. The van der Waals surface area contributed by atoms with Gasteiger partial charge in [-0.05, 0) is 58.6 Å². The fraction of sp³-hybridized carbons (Fsp3) is 0. The molecule has 0 aliphatic rings. The molecule has 4 heterocycles. The number of hydrogen-bond acceptors (Lipinski definition) is 4. The standard InChI is InChI=1S/C42H23N3OS/c1-2-10-25-21-27(18-17-24(25)9-1)38-40-39(31-13-4-7-15-36(31)46-40)44-42(43-38)45-34-14-6-3-11-28(34)33-23-32-26(22-35(33)45)19-20-30-29-12-5-8-16-37(29)47-41(30)32/h1-23H. The Hall–Kier alpha value is -6.04. The molecule has 0 saturated heterocycles. The summed E-state index contributed by atoms with van der Waals surface area (Å²) < 4.78 is 11.4. The molecule has 218 valence electrons. The minimum Gasteiger partial charge on any atom is -0.452 e. The molecule has 0 amide bonds. The molecule has 0 unspecified atom stereocenters. The highest BCUT2D eigenvalue weighted by atomic mass is 32.1. The predicted molar refractivity (Wildman–Crippen MR) is 197 cm³/mol. The second-order valence-corrected chi connectivity index (χ2v) is 13.2. The van der Waals surface area contributed by atoms with Crippen LogP contribution in [0, 0.1) is 0 Å². The van der Waals surface area contributed by atoms with Crippen LogP contribution in [0.1, 0.15) is 0 Å². The number of aromatic nitrogens is 3. The summed E-state index contributed by atoms with van der Waals surface area (Å²) >= 11 is 1.87. The Morgan fingerprint density at radius 2 is 1.28 bits per heavy atom. The van der Waals surface area contributed by atoms with E-state index in [1.807, 2.05) is 29.5 Å². The molecule has 4 aromatic heterocycles. The van der Waals surface area contributed by atoms with Crippen molar-refractivity contribution in [1.29, 1.82) is 0 Å². The van der Waals surface area contributed by atoms with Crippen LogP contribution in [0.5, 0.6) is 0 Å². The molecular weight excluding hydrogens is 595 g/mol. The third kappa shape index (κ3) is 3.52. The minimum atomic E-state index is 0.626. The second kappa shape index (κ2) is 9.25. The lowest BCUT2D eigenvalue weighted by Gasteiger charge is -2.10. The number of hydrogen-bond donors (Lipinski definition) is 0. The van der Waals surface area contributed by atoms with Crippen LogP contribution in [0.15, 0.2) is 144 Å². The third-order valence-electron chi connectivity index (χ3n) is 9.58. The number of benzene rings is 7. The van der Waals surface area contributed by atoms with E-state index in [9.17, 15) is 0 Å². The van der Waals surface area contributed by atoms with Crippen LogP contribution in [-0.4, -0.2) is 14.5 Å². The van der Waals surface area contributed by atoms with Crippen molar-refractivity contribution in [3.63, 3.8) is 0 Å². The first-order chi connectivity index (χ1) is 23.3. The van der Waals surface area contributed by atoms with E-state index >= 15 is 0 Å². The van der Waals surface area contributed by atoms with E-state index in [2.05, 4.69) is 126 Å². The van der Waals surface area contributed by atoms with Crippen molar-refractivity contribution in [2.45, 2.75) is 0 Å². The van der Waals surface area contributed by atoms with E-state index in [0.29, 0.717) is 11.5 Å². The van der Waals surface area contributed by atoms with E-state index in [-0.39, 0.29) is 0 Å². The monoisotopic (exact) mass is 617 g/mol. The quantitative estimate of drug-likeness (QED) is 0.194. The summed E-state index contributed by atoms with van der Waals surface area (Å²) in [6, 6.07) is 49.5. The van der Waals surface area contributed by atoms with E-state index in [1.165, 1.54) is 47.1 Å². The Labute approximate surface area is 271 Å². The molecular formula is C42H23N3OS. The molecule has 0 spiro atoms. The van der Waals surface area contributed by atoms with Gasteiger partial charge in [0.1, 0.15) is 16.8 Å². The molecule has 0 saturated carbocycles. The van der Waals surface area contributed by atoms with Gasteiger partial charge in [-0.2, -0.15) is 0 Å². The molecule has 0 fully saturated rings. The van der Waals surface area contributed by atoms with Crippen LogP contribution in [0.4, 0.5) is 0 Å². The fourth-order valence-electron chi connectivity index (χ4n) is 7.40. The van der Waals surface area contributed by atoms with Gasteiger partial charge in [0.2, 0.25) is 5.95 Å². The topological polar surface area (TPSA) is 43.9 Å². The Morgan fingerprint density at radius 1 is 0.511 bits per heavy atom. The fourth-order valence-corrected chi connectivity index (χ4v) is 8.63. The van der Waals surface area contributed by atoms with Crippen molar-refractivity contribution in [1.82, 2.24) is 14.5 Å². The molecule has 0 radical (unpaired) electrons. The largest absolute Gasteiger partial charge is 0.452 e. The van der Waals surface area contributed by atoms with Crippen LogP contribution in [-0.2, 0) is 0 Å². The zero-order valence-electron chi connectivity index (χ0n) is 24.9. The minimum absolute atomic E-state index is 0.626. The van der Waals surface area contributed by atoms with Gasteiger partial charge in [-0.3, -0.25) is 4.57 Å². The number of furan rings is 1. The molecule has 0 aliphatic carbocycles. The number of fused-ring (bicyclic) bond motifs is 12. The average Bonchev–Trinajstić information content (AvgIpc) is 3.80. The molecule has 7 aromatic carbocycles. The lowest BCUT2D eigenvalue weighted by molar-refractivity contribution is 0.666. The van der Waals surface area contributed by atoms with Crippen molar-refractivity contribution < 1.29 is 4.42 Å². The lowest BCUT2D eigenvalue weighted by atomic mass is 10.0. The van der Waals surface area contributed by atoms with Gasteiger partial charge in [0.15, 0.2) is 5.58 Å². The van der Waals surface area contributed by atoms with Gasteiger partial charge in [-0.15, -0.1) is 11.3 Å². The van der Waals surface area contributed by atoms with Gasteiger partial charge < -0.3 is 4.42 Å². The summed E-state index contributed by atoms with van der Waals surface area (Å²) in [6.07, 6.45) is 0. The predicted octanol–water partition coefficient (Wildman–Crippen LogP) is 11.8. The zero-order valence-corrected chi connectivity index (χ0v) is 25.8. The van der Waals surface area contributed by atoms with Crippen molar-refractivity contribution in [3.05, 3.63) is 140 Å². The molecule has 0 N–H and O–H groups in total. The van der Waals surface area contributed by atoms with Gasteiger partial charge in [-0.1, -0.05) is 97.1 Å². The van der Waals surface area contributed by atoms with Gasteiger partial charge in [-0.25, -0.2) is 9.97 Å². The first-order valence-corrected chi connectivity index (χ1v) is 16.6. The maximum Gasteiger partial charge on any atom is 0.236 e. The Kier molecular flexibility index (Phi) is 4.96. The number of rotatable bonds is 2. The summed E-state index contributed by atoms with van der Waals surface area (Å²) in [5.41, 5.74) is 6.24. The maximum absolute atomic E-state index is 6.49. The van der Waals surface area contributed by atoms with Crippen LogP contribution < -0.4 is 0 Å². The van der Waals surface area contributed by atoms with Gasteiger partial charge >= 0.3 is 0 Å². The van der Waals surface area contributed by atoms with Gasteiger partial charge in [0.05, 0.1) is 11.0 Å². The molecule has 11 rings (SSSR count). The van der Waals surface area contributed by atoms with Crippen LogP contribution in [0.3, 0.4) is 0 Å². The van der Waals surface area contributed by atoms with E-state index in [1.54, 1.807) is 0 Å². The van der Waals surface area contributed by atoms with Crippen molar-refractivity contribution >= 4 is 96.9 Å². The first kappa shape index (κ1) is 25.2. The van der Waals surface area contributed by atoms with Crippen LogP contribution >= 0.6 is 11.3 Å². The van der Waals surface area contributed by atoms with Gasteiger partial charge in [0, 0.05) is 47.3 Å². The Morgan fingerprint density at radius 3 is 2.21 bits per heavy atom. The SMILES string of the molecule is c1ccc2cc(-c3nc(-n4c5ccccc5c5cc6c(ccc7c8ccccc8sc67)cc54)nc4c3oc3ccccc34)ccc2c1. The summed E-state index contributed by atoms with van der Waals surface area (Å²) in [7, 11) is 0. The lowest BCUT2D eigenvalue weighted by Crippen LogP contribution is -2.03. The normalized spacial score (nSPS) is 12.3. The van der Waals surface area contributed by atoms with Crippen molar-refractivity contribution in [3.8, 4) is 17.2 Å². The highest BCUT2D eigenvalue weighted by Crippen LogP contribution is 2.42. The third-order valence-corrected chi connectivity index (χ3v) is 10.8. The highest BCUT2D eigenvalue weighted by molar-refractivity contribution is 7.26. The van der Waals surface area contributed by atoms with Crippen molar-refractivity contribution in [2.24, 2.45) is 0 Å². The van der Waals surface area contributed by atoms with E-state index in [0.717, 1.165) is 44.2 Å².